The van der Waals surface area contributed by atoms with Crippen molar-refractivity contribution in [3.63, 3.8) is 0 Å². The minimum absolute atomic E-state index is 0.475. The monoisotopic (exact) mass is 213 g/mol. The molecule has 0 aromatic carbocycles. The molecular formula is C11H11N5. The Morgan fingerprint density at radius 1 is 1.31 bits per heavy atom. The average Bonchev–Trinajstić information content (AvgIpc) is 2.74. The van der Waals surface area contributed by atoms with E-state index < -0.39 is 0 Å². The molecular weight excluding hydrogens is 202 g/mol. The summed E-state index contributed by atoms with van der Waals surface area (Å²) in [5.41, 5.74) is 9.04. The largest absolute Gasteiger partial charge is 0.382 e. The fourth-order valence-corrected chi connectivity index (χ4v) is 1.80. The van der Waals surface area contributed by atoms with Crippen molar-refractivity contribution in [3.05, 3.63) is 24.2 Å². The number of hydrogen-bond donors (Lipinski definition) is 2. The molecule has 0 bridgehead atoms. The first-order valence-electron chi connectivity index (χ1n) is 5.18. The lowest BCUT2D eigenvalue weighted by Crippen LogP contribution is -1.93. The molecule has 3 heterocycles. The third-order valence-electron chi connectivity index (χ3n) is 2.60. The lowest BCUT2D eigenvalue weighted by molar-refractivity contribution is 1.00. The van der Waals surface area contributed by atoms with Crippen LogP contribution in [0.3, 0.4) is 0 Å². The maximum atomic E-state index is 5.88. The SMILES string of the molecule is CCc1nc2c([nH]1)c(N)nc1cccnc12. The van der Waals surface area contributed by atoms with Crippen LogP contribution >= 0.6 is 0 Å². The van der Waals surface area contributed by atoms with E-state index in [0.717, 1.165) is 34.3 Å². The number of aromatic nitrogens is 4. The number of nitrogens with two attached hydrogens (primary N) is 1. The van der Waals surface area contributed by atoms with Crippen LogP contribution in [0.15, 0.2) is 18.3 Å². The van der Waals surface area contributed by atoms with Crippen LogP contribution in [-0.4, -0.2) is 19.9 Å². The maximum absolute atomic E-state index is 5.88. The molecule has 0 saturated carbocycles. The summed E-state index contributed by atoms with van der Waals surface area (Å²) in [4.78, 5) is 16.2. The molecule has 0 amide bonds. The second-order valence-corrected chi connectivity index (χ2v) is 3.63. The van der Waals surface area contributed by atoms with Crippen LogP contribution in [-0.2, 0) is 6.42 Å². The Hall–Kier alpha value is -2.17. The summed E-state index contributed by atoms with van der Waals surface area (Å²) in [6.07, 6.45) is 2.57. The van der Waals surface area contributed by atoms with Gasteiger partial charge in [-0.25, -0.2) is 9.97 Å². The summed E-state index contributed by atoms with van der Waals surface area (Å²) < 4.78 is 0. The zero-order valence-corrected chi connectivity index (χ0v) is 8.86. The number of H-pyrrole nitrogens is 1. The van der Waals surface area contributed by atoms with E-state index in [9.17, 15) is 0 Å². The molecule has 0 aliphatic heterocycles. The number of nitrogen functional groups attached to an aromatic ring is 1. The minimum atomic E-state index is 0.475. The van der Waals surface area contributed by atoms with Crippen molar-refractivity contribution >= 4 is 27.9 Å². The van der Waals surface area contributed by atoms with Crippen molar-refractivity contribution in [1.82, 2.24) is 19.9 Å². The van der Waals surface area contributed by atoms with Crippen LogP contribution in [0.5, 0.6) is 0 Å². The van der Waals surface area contributed by atoms with Gasteiger partial charge in [-0.15, -0.1) is 0 Å². The number of nitrogens with zero attached hydrogens (tertiary/aromatic N) is 3. The van der Waals surface area contributed by atoms with Crippen LogP contribution < -0.4 is 5.73 Å². The Labute approximate surface area is 91.7 Å². The van der Waals surface area contributed by atoms with E-state index in [0.29, 0.717) is 5.82 Å². The molecule has 5 nitrogen and oxygen atoms in total. The summed E-state index contributed by atoms with van der Waals surface area (Å²) in [5, 5.41) is 0. The molecule has 0 saturated heterocycles. The number of aromatic amines is 1. The van der Waals surface area contributed by atoms with Crippen LogP contribution in [0.1, 0.15) is 12.7 Å². The molecule has 0 unspecified atom stereocenters. The molecule has 3 N–H and O–H groups in total. The molecule has 0 spiro atoms. The van der Waals surface area contributed by atoms with E-state index in [4.69, 9.17) is 5.73 Å². The summed E-state index contributed by atoms with van der Waals surface area (Å²) >= 11 is 0. The Bertz CT molecular complexity index is 670. The predicted octanol–water partition coefficient (Wildman–Crippen LogP) is 1.65. The quantitative estimate of drug-likeness (QED) is 0.644. The Morgan fingerprint density at radius 2 is 2.19 bits per heavy atom. The lowest BCUT2D eigenvalue weighted by Gasteiger charge is -1.99. The fraction of sp³-hybridized carbons (Fsp3) is 0.182. The molecule has 0 fully saturated rings. The topological polar surface area (TPSA) is 80.5 Å². The van der Waals surface area contributed by atoms with Gasteiger partial charge in [0.25, 0.3) is 0 Å². The molecule has 3 aromatic heterocycles. The molecule has 0 atom stereocenters. The summed E-state index contributed by atoms with van der Waals surface area (Å²) in [6.45, 7) is 2.04. The standard InChI is InChI=1S/C11H11N5/c1-2-7-15-9-8-6(4-3-5-13-8)14-11(12)10(9)16-7/h3-5H,2H2,1H3,(H2,12,14)(H,15,16). The normalized spacial score (nSPS) is 11.3. The van der Waals surface area contributed by atoms with Crippen LogP contribution in [0.25, 0.3) is 22.1 Å². The Balaban J connectivity index is 2.52. The van der Waals surface area contributed by atoms with Gasteiger partial charge in [-0.1, -0.05) is 6.92 Å². The number of pyridine rings is 2. The van der Waals surface area contributed by atoms with Gasteiger partial charge in [0.1, 0.15) is 28.2 Å². The van der Waals surface area contributed by atoms with Crippen molar-refractivity contribution in [2.45, 2.75) is 13.3 Å². The van der Waals surface area contributed by atoms with Crippen LogP contribution in [0, 0.1) is 0 Å². The van der Waals surface area contributed by atoms with Gasteiger partial charge in [-0.3, -0.25) is 4.98 Å². The van der Waals surface area contributed by atoms with Gasteiger partial charge in [0, 0.05) is 12.6 Å². The second-order valence-electron chi connectivity index (χ2n) is 3.63. The predicted molar refractivity (Wildman–Crippen MR) is 63.0 cm³/mol. The van der Waals surface area contributed by atoms with Gasteiger partial charge in [0.05, 0.1) is 5.52 Å². The molecule has 16 heavy (non-hydrogen) atoms. The van der Waals surface area contributed by atoms with Gasteiger partial charge in [-0.2, -0.15) is 0 Å². The highest BCUT2D eigenvalue weighted by Gasteiger charge is 2.11. The molecule has 80 valence electrons. The summed E-state index contributed by atoms with van der Waals surface area (Å²) in [5.74, 6) is 1.38. The molecule has 3 rings (SSSR count). The maximum Gasteiger partial charge on any atom is 0.150 e. The van der Waals surface area contributed by atoms with Gasteiger partial charge < -0.3 is 10.7 Å². The van der Waals surface area contributed by atoms with E-state index in [1.54, 1.807) is 6.20 Å². The van der Waals surface area contributed by atoms with Gasteiger partial charge in [-0.05, 0) is 12.1 Å². The zero-order valence-electron chi connectivity index (χ0n) is 8.86. The third kappa shape index (κ3) is 1.14. The Kier molecular flexibility index (Phi) is 1.80. The first-order valence-corrected chi connectivity index (χ1v) is 5.18. The number of anilines is 1. The number of imidazole rings is 1. The fourth-order valence-electron chi connectivity index (χ4n) is 1.80. The van der Waals surface area contributed by atoms with Gasteiger partial charge in [0.15, 0.2) is 0 Å². The van der Waals surface area contributed by atoms with E-state index in [2.05, 4.69) is 19.9 Å². The smallest absolute Gasteiger partial charge is 0.150 e. The van der Waals surface area contributed by atoms with E-state index in [1.165, 1.54) is 0 Å². The first kappa shape index (κ1) is 9.08. The molecule has 5 heteroatoms. The number of rotatable bonds is 1. The molecule has 0 aliphatic carbocycles. The highest BCUT2D eigenvalue weighted by atomic mass is 15.0. The summed E-state index contributed by atoms with van der Waals surface area (Å²) in [6, 6.07) is 3.73. The van der Waals surface area contributed by atoms with Crippen molar-refractivity contribution in [2.75, 3.05) is 5.73 Å². The van der Waals surface area contributed by atoms with Crippen molar-refractivity contribution in [2.24, 2.45) is 0 Å². The number of aryl methyl sites for hydroxylation is 1. The van der Waals surface area contributed by atoms with E-state index in [1.807, 2.05) is 19.1 Å². The number of fused-ring (bicyclic) bond motifs is 3. The van der Waals surface area contributed by atoms with Crippen molar-refractivity contribution in [1.29, 1.82) is 0 Å². The molecule has 3 aromatic rings. The van der Waals surface area contributed by atoms with Crippen molar-refractivity contribution < 1.29 is 0 Å². The van der Waals surface area contributed by atoms with Crippen molar-refractivity contribution in [3.8, 4) is 0 Å². The van der Waals surface area contributed by atoms with Gasteiger partial charge >= 0.3 is 0 Å². The summed E-state index contributed by atoms with van der Waals surface area (Å²) in [7, 11) is 0. The highest BCUT2D eigenvalue weighted by Crippen LogP contribution is 2.24. The average molecular weight is 213 g/mol. The second kappa shape index (κ2) is 3.16. The number of nitrogens with one attached hydrogen (secondary N) is 1. The highest BCUT2D eigenvalue weighted by molar-refractivity contribution is 6.03. The molecule has 0 radical (unpaired) electrons. The lowest BCUT2D eigenvalue weighted by atomic mass is 10.3. The van der Waals surface area contributed by atoms with Crippen LogP contribution in [0.4, 0.5) is 5.82 Å². The minimum Gasteiger partial charge on any atom is -0.382 e. The van der Waals surface area contributed by atoms with E-state index >= 15 is 0 Å². The third-order valence-corrected chi connectivity index (χ3v) is 2.60. The Morgan fingerprint density at radius 3 is 3.00 bits per heavy atom. The zero-order chi connectivity index (χ0) is 11.1. The number of hydrogen-bond acceptors (Lipinski definition) is 4. The van der Waals surface area contributed by atoms with Gasteiger partial charge in [0.2, 0.25) is 0 Å². The van der Waals surface area contributed by atoms with E-state index in [-0.39, 0.29) is 0 Å². The van der Waals surface area contributed by atoms with Crippen LogP contribution in [0.2, 0.25) is 0 Å². The first-order chi connectivity index (χ1) is 7.79. The molecule has 0 aliphatic rings.